The molecule has 0 fully saturated rings. The van der Waals surface area contributed by atoms with Gasteiger partial charge in [-0.3, -0.25) is 4.79 Å². The number of hydrogen-bond acceptors (Lipinski definition) is 4. The highest BCUT2D eigenvalue weighted by Crippen LogP contribution is 2.02. The minimum atomic E-state index is -1.27. The second-order valence-corrected chi connectivity index (χ2v) is 2.18. The van der Waals surface area contributed by atoms with Crippen molar-refractivity contribution < 1.29 is 14.7 Å². The van der Waals surface area contributed by atoms with Crippen LogP contribution in [0.1, 0.15) is 20.8 Å². The van der Waals surface area contributed by atoms with Crippen molar-refractivity contribution in [1.82, 2.24) is 15.5 Å². The van der Waals surface area contributed by atoms with Gasteiger partial charge in [-0.2, -0.15) is 5.10 Å². The predicted molar refractivity (Wildman–Crippen MR) is 42.4 cm³/mol. The third-order valence-corrected chi connectivity index (χ3v) is 1.39. The lowest BCUT2D eigenvalue weighted by Gasteiger charge is -2.00. The molecule has 0 aliphatic heterocycles. The number of carboxylic acid groups (broad SMARTS) is 1. The van der Waals surface area contributed by atoms with Crippen molar-refractivity contribution in [2.45, 2.75) is 0 Å². The molecule has 2 N–H and O–H groups in total. The Hall–Kier alpha value is -1.98. The number of aromatic carboxylic acids is 1. The van der Waals surface area contributed by atoms with Gasteiger partial charge in [0.25, 0.3) is 5.91 Å². The average Bonchev–Trinajstić information content (AvgIpc) is 2.16. The molecule has 0 atom stereocenters. The van der Waals surface area contributed by atoms with Gasteiger partial charge in [0, 0.05) is 7.05 Å². The van der Waals surface area contributed by atoms with E-state index in [9.17, 15) is 9.59 Å². The van der Waals surface area contributed by atoms with E-state index in [0.717, 1.165) is 0 Å². The van der Waals surface area contributed by atoms with Crippen LogP contribution in [0.3, 0.4) is 0 Å². The van der Waals surface area contributed by atoms with Crippen molar-refractivity contribution in [3.63, 3.8) is 0 Å². The minimum absolute atomic E-state index is 0.00463. The number of hydrogen-bond donors (Lipinski definition) is 2. The molecule has 68 valence electrons. The molecule has 1 aromatic rings. The van der Waals surface area contributed by atoms with Crippen LogP contribution in [0.15, 0.2) is 12.3 Å². The second kappa shape index (κ2) is 3.61. The van der Waals surface area contributed by atoms with Gasteiger partial charge in [-0.15, -0.1) is 5.10 Å². The van der Waals surface area contributed by atoms with Crippen LogP contribution in [0.25, 0.3) is 0 Å². The molecule has 0 saturated heterocycles. The Morgan fingerprint density at radius 2 is 2.23 bits per heavy atom. The Balaban J connectivity index is 3.19. The van der Waals surface area contributed by atoms with Crippen molar-refractivity contribution in [1.29, 1.82) is 0 Å². The topological polar surface area (TPSA) is 92.2 Å². The molecule has 0 aliphatic carbocycles. The fourth-order valence-corrected chi connectivity index (χ4v) is 0.808. The quantitative estimate of drug-likeness (QED) is 0.643. The fraction of sp³-hybridized carbons (Fsp3) is 0.143. The maximum absolute atomic E-state index is 11.1. The fourth-order valence-electron chi connectivity index (χ4n) is 0.808. The SMILES string of the molecule is CNC(=O)c1ccnnc1C(=O)O. The monoisotopic (exact) mass is 181 g/mol. The van der Waals surface area contributed by atoms with Crippen molar-refractivity contribution in [3.8, 4) is 0 Å². The first-order valence-electron chi connectivity index (χ1n) is 3.44. The first-order valence-corrected chi connectivity index (χ1v) is 3.44. The van der Waals surface area contributed by atoms with Gasteiger partial charge < -0.3 is 10.4 Å². The van der Waals surface area contributed by atoms with Gasteiger partial charge in [0.15, 0.2) is 5.69 Å². The highest BCUT2D eigenvalue weighted by atomic mass is 16.4. The number of amides is 1. The Morgan fingerprint density at radius 1 is 1.54 bits per heavy atom. The molecule has 1 rings (SSSR count). The summed E-state index contributed by atoms with van der Waals surface area (Å²) in [6, 6.07) is 1.30. The smallest absolute Gasteiger partial charge is 0.357 e. The molecule has 1 aromatic heterocycles. The van der Waals surface area contributed by atoms with Gasteiger partial charge in [0.05, 0.1) is 11.8 Å². The highest BCUT2D eigenvalue weighted by molar-refractivity contribution is 6.03. The third kappa shape index (κ3) is 1.78. The van der Waals surface area contributed by atoms with Crippen LogP contribution in [0.4, 0.5) is 0 Å². The molecule has 0 aromatic carbocycles. The van der Waals surface area contributed by atoms with Crippen LogP contribution in [0, 0.1) is 0 Å². The van der Waals surface area contributed by atoms with E-state index in [-0.39, 0.29) is 11.3 Å². The van der Waals surface area contributed by atoms with Crippen LogP contribution >= 0.6 is 0 Å². The zero-order chi connectivity index (χ0) is 9.84. The molecular formula is C7H7N3O3. The van der Waals surface area contributed by atoms with Crippen molar-refractivity contribution in [3.05, 3.63) is 23.5 Å². The zero-order valence-electron chi connectivity index (χ0n) is 6.81. The van der Waals surface area contributed by atoms with E-state index in [2.05, 4.69) is 15.5 Å². The molecule has 6 heteroatoms. The molecule has 1 heterocycles. The van der Waals surface area contributed by atoms with Gasteiger partial charge in [-0.25, -0.2) is 4.79 Å². The minimum Gasteiger partial charge on any atom is -0.476 e. The number of carbonyl (C=O) groups excluding carboxylic acids is 1. The van der Waals surface area contributed by atoms with E-state index in [4.69, 9.17) is 5.11 Å². The molecule has 0 aliphatic rings. The number of nitrogens with zero attached hydrogens (tertiary/aromatic N) is 2. The summed E-state index contributed by atoms with van der Waals surface area (Å²) in [4.78, 5) is 21.7. The largest absolute Gasteiger partial charge is 0.476 e. The van der Waals surface area contributed by atoms with Gasteiger partial charge in [0.1, 0.15) is 0 Å². The van der Waals surface area contributed by atoms with Crippen molar-refractivity contribution in [2.75, 3.05) is 7.05 Å². The van der Waals surface area contributed by atoms with Gasteiger partial charge in [-0.1, -0.05) is 0 Å². The normalized spacial score (nSPS) is 9.31. The van der Waals surface area contributed by atoms with Gasteiger partial charge in [0.2, 0.25) is 0 Å². The standard InChI is InChI=1S/C7H7N3O3/c1-8-6(11)4-2-3-9-10-5(4)7(12)13/h2-3H,1H3,(H,8,11)(H,12,13). The molecule has 1 amide bonds. The first kappa shape index (κ1) is 9.11. The molecule has 0 saturated carbocycles. The third-order valence-electron chi connectivity index (χ3n) is 1.39. The first-order chi connectivity index (χ1) is 6.16. The maximum Gasteiger partial charge on any atom is 0.357 e. The Morgan fingerprint density at radius 3 is 2.77 bits per heavy atom. The maximum atomic E-state index is 11.1. The summed E-state index contributed by atoms with van der Waals surface area (Å²) in [5, 5.41) is 17.6. The Kier molecular flexibility index (Phi) is 2.53. The molecule has 13 heavy (non-hydrogen) atoms. The van der Waals surface area contributed by atoms with E-state index < -0.39 is 11.9 Å². The van der Waals surface area contributed by atoms with E-state index in [1.807, 2.05) is 0 Å². The molecule has 0 unspecified atom stereocenters. The van der Waals surface area contributed by atoms with Crippen LogP contribution in [0.2, 0.25) is 0 Å². The lowest BCUT2D eigenvalue weighted by atomic mass is 10.2. The van der Waals surface area contributed by atoms with Crippen LogP contribution < -0.4 is 5.32 Å². The number of carbonyl (C=O) groups is 2. The zero-order valence-corrected chi connectivity index (χ0v) is 6.81. The summed E-state index contributed by atoms with van der Waals surface area (Å²) < 4.78 is 0. The van der Waals surface area contributed by atoms with Crippen LogP contribution in [0.5, 0.6) is 0 Å². The van der Waals surface area contributed by atoms with Gasteiger partial charge >= 0.3 is 5.97 Å². The Bertz CT molecular complexity index is 351. The highest BCUT2D eigenvalue weighted by Gasteiger charge is 2.16. The molecule has 0 radical (unpaired) electrons. The number of nitrogens with one attached hydrogen (secondary N) is 1. The summed E-state index contributed by atoms with van der Waals surface area (Å²) in [7, 11) is 1.41. The van der Waals surface area contributed by atoms with E-state index in [1.165, 1.54) is 19.3 Å². The van der Waals surface area contributed by atoms with E-state index in [0.29, 0.717) is 0 Å². The van der Waals surface area contributed by atoms with Crippen molar-refractivity contribution >= 4 is 11.9 Å². The number of aromatic nitrogens is 2. The predicted octanol–water partition coefficient (Wildman–Crippen LogP) is -0.466. The molecule has 6 nitrogen and oxygen atoms in total. The second-order valence-electron chi connectivity index (χ2n) is 2.18. The van der Waals surface area contributed by atoms with Crippen molar-refractivity contribution in [2.24, 2.45) is 0 Å². The summed E-state index contributed by atoms with van der Waals surface area (Å²) in [5.74, 6) is -1.76. The molecular weight excluding hydrogens is 174 g/mol. The molecule has 0 spiro atoms. The van der Waals surface area contributed by atoms with E-state index >= 15 is 0 Å². The Labute approximate surface area is 73.6 Å². The van der Waals surface area contributed by atoms with Crippen LogP contribution in [-0.4, -0.2) is 34.2 Å². The lowest BCUT2D eigenvalue weighted by Crippen LogP contribution is -2.22. The molecule has 0 bridgehead atoms. The lowest BCUT2D eigenvalue weighted by molar-refractivity contribution is 0.0683. The summed E-state index contributed by atoms with van der Waals surface area (Å²) in [5.41, 5.74) is -0.341. The number of carboxylic acids is 1. The van der Waals surface area contributed by atoms with Crippen LogP contribution in [-0.2, 0) is 0 Å². The summed E-state index contributed by atoms with van der Waals surface area (Å²) in [6.45, 7) is 0. The summed E-state index contributed by atoms with van der Waals surface area (Å²) >= 11 is 0. The average molecular weight is 181 g/mol. The summed E-state index contributed by atoms with van der Waals surface area (Å²) in [6.07, 6.45) is 1.26. The number of rotatable bonds is 2. The van der Waals surface area contributed by atoms with Gasteiger partial charge in [-0.05, 0) is 6.07 Å². The van der Waals surface area contributed by atoms with E-state index in [1.54, 1.807) is 0 Å².